The van der Waals surface area contributed by atoms with Crippen LogP contribution in [0.4, 0.5) is 0 Å². The quantitative estimate of drug-likeness (QED) is 0.636. The van der Waals surface area contributed by atoms with Gasteiger partial charge in [0.1, 0.15) is 0 Å². The molecular weight excluding hydrogens is 212 g/mol. The molecule has 1 aliphatic rings. The number of guanidine groups is 1. The zero-order valence-corrected chi connectivity index (χ0v) is 11.0. The summed E-state index contributed by atoms with van der Waals surface area (Å²) < 4.78 is 2.15. The normalized spacial score (nSPS) is 16.8. The van der Waals surface area contributed by atoms with Gasteiger partial charge in [0.25, 0.3) is 0 Å². The van der Waals surface area contributed by atoms with E-state index in [0.29, 0.717) is 6.04 Å². The highest BCUT2D eigenvalue weighted by Gasteiger charge is 2.19. The Bertz CT molecular complexity index is 390. The van der Waals surface area contributed by atoms with E-state index in [1.807, 2.05) is 7.05 Å². The lowest BCUT2D eigenvalue weighted by atomic mass is 9.93. The maximum Gasteiger partial charge on any atom is 0.193 e. The molecule has 2 rings (SSSR count). The molecule has 0 spiro atoms. The molecule has 4 heteroatoms. The molecule has 94 valence electrons. The lowest BCUT2D eigenvalue weighted by molar-refractivity contribution is 0.358. The average molecular weight is 234 g/mol. The zero-order chi connectivity index (χ0) is 12.3. The van der Waals surface area contributed by atoms with Gasteiger partial charge in [0.2, 0.25) is 0 Å². The Kier molecular flexibility index (Phi) is 3.71. The van der Waals surface area contributed by atoms with Crippen molar-refractivity contribution in [3.8, 4) is 0 Å². The number of nitrogens with one attached hydrogen (secondary N) is 1. The van der Waals surface area contributed by atoms with Crippen molar-refractivity contribution in [3.63, 3.8) is 0 Å². The summed E-state index contributed by atoms with van der Waals surface area (Å²) in [6.45, 7) is 0.885. The van der Waals surface area contributed by atoms with Crippen molar-refractivity contribution < 1.29 is 0 Å². The molecule has 1 fully saturated rings. The fourth-order valence-corrected chi connectivity index (χ4v) is 2.06. The van der Waals surface area contributed by atoms with Gasteiger partial charge in [0, 0.05) is 39.1 Å². The Labute approximate surface area is 103 Å². The zero-order valence-electron chi connectivity index (χ0n) is 11.0. The molecule has 1 N–H and O–H groups in total. The second-order valence-corrected chi connectivity index (χ2v) is 4.79. The molecule has 0 atom stereocenters. The largest absolute Gasteiger partial charge is 0.354 e. The minimum absolute atomic E-state index is 0.629. The van der Waals surface area contributed by atoms with Gasteiger partial charge in [-0.05, 0) is 31.4 Å². The third-order valence-corrected chi connectivity index (χ3v) is 3.46. The topological polar surface area (TPSA) is 32.6 Å². The number of nitrogens with zero attached hydrogens (tertiary/aromatic N) is 3. The summed E-state index contributed by atoms with van der Waals surface area (Å²) in [7, 11) is 6.01. The molecule has 4 nitrogen and oxygen atoms in total. The second-order valence-electron chi connectivity index (χ2n) is 4.79. The van der Waals surface area contributed by atoms with Crippen molar-refractivity contribution in [2.45, 2.75) is 31.8 Å². The van der Waals surface area contributed by atoms with Crippen LogP contribution in [-0.2, 0) is 13.6 Å². The lowest BCUT2D eigenvalue weighted by Gasteiger charge is -2.31. The Morgan fingerprint density at radius 3 is 2.82 bits per heavy atom. The molecule has 0 aromatic carbocycles. The molecular formula is C13H22N4. The fourth-order valence-electron chi connectivity index (χ4n) is 2.06. The molecule has 1 saturated carbocycles. The highest BCUT2D eigenvalue weighted by atomic mass is 15.3. The van der Waals surface area contributed by atoms with Crippen LogP contribution in [0.3, 0.4) is 0 Å². The van der Waals surface area contributed by atoms with E-state index >= 15 is 0 Å². The number of hydrogen-bond donors (Lipinski definition) is 1. The summed E-state index contributed by atoms with van der Waals surface area (Å²) in [5, 5.41) is 3.50. The van der Waals surface area contributed by atoms with Crippen molar-refractivity contribution in [2.24, 2.45) is 12.0 Å². The van der Waals surface area contributed by atoms with Gasteiger partial charge in [0.05, 0.1) is 6.54 Å². The molecule has 0 aliphatic heterocycles. The first-order chi connectivity index (χ1) is 8.20. The molecule has 1 aromatic rings. The first-order valence-electron chi connectivity index (χ1n) is 6.25. The first kappa shape index (κ1) is 12.0. The van der Waals surface area contributed by atoms with E-state index in [4.69, 9.17) is 0 Å². The van der Waals surface area contributed by atoms with Gasteiger partial charge >= 0.3 is 0 Å². The smallest absolute Gasteiger partial charge is 0.193 e. The molecule has 1 heterocycles. The Morgan fingerprint density at radius 2 is 2.35 bits per heavy atom. The average Bonchev–Trinajstić information content (AvgIpc) is 2.63. The Morgan fingerprint density at radius 1 is 1.59 bits per heavy atom. The van der Waals surface area contributed by atoms with E-state index in [1.165, 1.54) is 25.0 Å². The summed E-state index contributed by atoms with van der Waals surface area (Å²) in [5.74, 6) is 0.996. The van der Waals surface area contributed by atoms with Gasteiger partial charge in [-0.1, -0.05) is 0 Å². The maximum atomic E-state index is 4.34. The number of aliphatic imine (C=N–C) groups is 1. The van der Waals surface area contributed by atoms with Crippen LogP contribution < -0.4 is 5.32 Å². The molecule has 0 unspecified atom stereocenters. The maximum absolute atomic E-state index is 4.34. The van der Waals surface area contributed by atoms with Gasteiger partial charge < -0.3 is 14.8 Å². The highest BCUT2D eigenvalue weighted by Crippen LogP contribution is 2.18. The predicted molar refractivity (Wildman–Crippen MR) is 71.0 cm³/mol. The molecule has 0 bridgehead atoms. The Balaban J connectivity index is 1.93. The molecule has 1 aliphatic carbocycles. The molecule has 0 saturated heterocycles. The first-order valence-corrected chi connectivity index (χ1v) is 6.25. The lowest BCUT2D eigenvalue weighted by Crippen LogP contribution is -2.46. The number of aromatic nitrogens is 1. The van der Waals surface area contributed by atoms with Gasteiger partial charge in [0.15, 0.2) is 5.96 Å². The van der Waals surface area contributed by atoms with E-state index in [9.17, 15) is 0 Å². The van der Waals surface area contributed by atoms with E-state index in [2.05, 4.69) is 52.2 Å². The summed E-state index contributed by atoms with van der Waals surface area (Å²) in [6, 6.07) is 4.85. The Hall–Kier alpha value is -1.45. The number of rotatable bonds is 3. The molecule has 0 amide bonds. The summed E-state index contributed by atoms with van der Waals surface area (Å²) in [6.07, 6.45) is 5.97. The van der Waals surface area contributed by atoms with Crippen LogP contribution in [0, 0.1) is 0 Å². The van der Waals surface area contributed by atoms with Crippen molar-refractivity contribution >= 4 is 5.96 Å². The SMILES string of the molecule is CN=C(NC1CCC1)N(C)Cc1cccn1C. The van der Waals surface area contributed by atoms with Crippen LogP contribution in [0.25, 0.3) is 0 Å². The molecule has 17 heavy (non-hydrogen) atoms. The van der Waals surface area contributed by atoms with Crippen molar-refractivity contribution in [3.05, 3.63) is 24.0 Å². The van der Waals surface area contributed by atoms with Crippen molar-refractivity contribution in [1.29, 1.82) is 0 Å². The van der Waals surface area contributed by atoms with Crippen LogP contribution in [-0.4, -0.2) is 35.6 Å². The third-order valence-electron chi connectivity index (χ3n) is 3.46. The van der Waals surface area contributed by atoms with Crippen molar-refractivity contribution in [2.75, 3.05) is 14.1 Å². The fraction of sp³-hybridized carbons (Fsp3) is 0.615. The van der Waals surface area contributed by atoms with Crippen LogP contribution in [0.15, 0.2) is 23.3 Å². The van der Waals surface area contributed by atoms with Crippen molar-refractivity contribution in [1.82, 2.24) is 14.8 Å². The van der Waals surface area contributed by atoms with Crippen LogP contribution in [0.2, 0.25) is 0 Å². The predicted octanol–water partition coefficient (Wildman–Crippen LogP) is 1.58. The van der Waals surface area contributed by atoms with Gasteiger partial charge in [-0.2, -0.15) is 0 Å². The van der Waals surface area contributed by atoms with Crippen LogP contribution >= 0.6 is 0 Å². The minimum atomic E-state index is 0.629. The molecule has 0 radical (unpaired) electrons. The number of hydrogen-bond acceptors (Lipinski definition) is 1. The van der Waals surface area contributed by atoms with Gasteiger partial charge in [-0.3, -0.25) is 4.99 Å². The second kappa shape index (κ2) is 5.25. The summed E-state index contributed by atoms with van der Waals surface area (Å²) in [5.41, 5.74) is 1.30. The van der Waals surface area contributed by atoms with E-state index < -0.39 is 0 Å². The van der Waals surface area contributed by atoms with Crippen LogP contribution in [0.5, 0.6) is 0 Å². The van der Waals surface area contributed by atoms with Crippen LogP contribution in [0.1, 0.15) is 25.0 Å². The van der Waals surface area contributed by atoms with Gasteiger partial charge in [-0.15, -0.1) is 0 Å². The van der Waals surface area contributed by atoms with E-state index in [1.54, 1.807) is 0 Å². The molecule has 1 aromatic heterocycles. The van der Waals surface area contributed by atoms with Gasteiger partial charge in [-0.25, -0.2) is 0 Å². The summed E-state index contributed by atoms with van der Waals surface area (Å²) >= 11 is 0. The standard InChI is InChI=1S/C13H22N4/c1-14-13(15-11-6-4-7-11)17(3)10-12-8-5-9-16(12)2/h5,8-9,11H,4,6-7,10H2,1-3H3,(H,14,15). The third kappa shape index (κ3) is 2.81. The number of aryl methyl sites for hydroxylation is 1. The summed E-state index contributed by atoms with van der Waals surface area (Å²) in [4.78, 5) is 6.52. The monoisotopic (exact) mass is 234 g/mol. The minimum Gasteiger partial charge on any atom is -0.354 e. The van der Waals surface area contributed by atoms with E-state index in [-0.39, 0.29) is 0 Å². The highest BCUT2D eigenvalue weighted by molar-refractivity contribution is 5.79. The van der Waals surface area contributed by atoms with E-state index in [0.717, 1.165) is 12.5 Å².